The standard InChI is InChI=1S/C10H13N3/c1-12-6-8-13(9-7-12)10-4-2-3-5-11-10/h2,4H,6-9H2,1H3. The average Bonchev–Trinajstić information content (AvgIpc) is 2.20. The summed E-state index contributed by atoms with van der Waals surface area (Å²) in [6.07, 6.45) is 2.74. The first-order valence-corrected chi connectivity index (χ1v) is 4.54. The highest BCUT2D eigenvalue weighted by atomic mass is 15.3. The lowest BCUT2D eigenvalue weighted by molar-refractivity contribution is 0.312. The van der Waals surface area contributed by atoms with Crippen LogP contribution >= 0.6 is 0 Å². The monoisotopic (exact) mass is 175 g/mol. The van der Waals surface area contributed by atoms with Gasteiger partial charge in [-0.15, -0.1) is 0 Å². The largest absolute Gasteiger partial charge is 0.353 e. The van der Waals surface area contributed by atoms with Crippen LogP contribution in [0.3, 0.4) is 0 Å². The Hall–Kier alpha value is -1.27. The van der Waals surface area contributed by atoms with Gasteiger partial charge in [0.1, 0.15) is 5.82 Å². The summed E-state index contributed by atoms with van der Waals surface area (Å²) in [5.41, 5.74) is 0. The highest BCUT2D eigenvalue weighted by molar-refractivity contribution is 5.37. The zero-order chi connectivity index (χ0) is 9.10. The van der Waals surface area contributed by atoms with Gasteiger partial charge in [0.25, 0.3) is 0 Å². The summed E-state index contributed by atoms with van der Waals surface area (Å²) in [5.74, 6) is 1.02. The van der Waals surface area contributed by atoms with Gasteiger partial charge in [0.2, 0.25) is 0 Å². The Balaban J connectivity index is 2.03. The van der Waals surface area contributed by atoms with Crippen molar-refractivity contribution in [3.05, 3.63) is 24.4 Å². The minimum atomic E-state index is 1.02. The fourth-order valence-electron chi connectivity index (χ4n) is 1.49. The van der Waals surface area contributed by atoms with Crippen LogP contribution in [0.4, 0.5) is 5.82 Å². The van der Waals surface area contributed by atoms with Crippen molar-refractivity contribution in [3.8, 4) is 0 Å². The number of anilines is 1. The molecule has 0 saturated carbocycles. The highest BCUT2D eigenvalue weighted by Gasteiger charge is 2.14. The molecule has 2 heterocycles. The second kappa shape index (κ2) is 3.63. The molecule has 1 aromatic rings. The summed E-state index contributed by atoms with van der Waals surface area (Å²) in [4.78, 5) is 8.77. The van der Waals surface area contributed by atoms with Gasteiger partial charge in [-0.05, 0) is 25.2 Å². The van der Waals surface area contributed by atoms with E-state index in [9.17, 15) is 0 Å². The van der Waals surface area contributed by atoms with Gasteiger partial charge in [0.05, 0.1) is 0 Å². The predicted octanol–water partition coefficient (Wildman–Crippen LogP) is 0.434. The van der Waals surface area contributed by atoms with Gasteiger partial charge in [0, 0.05) is 32.4 Å². The van der Waals surface area contributed by atoms with Crippen molar-refractivity contribution in [3.63, 3.8) is 0 Å². The SMILES string of the molecule is CN1CCN(c2ccc#cn2)CC1. The van der Waals surface area contributed by atoms with Crippen LogP contribution in [0.25, 0.3) is 0 Å². The van der Waals surface area contributed by atoms with Gasteiger partial charge in [0.15, 0.2) is 0 Å². The van der Waals surface area contributed by atoms with E-state index in [-0.39, 0.29) is 0 Å². The van der Waals surface area contributed by atoms with Gasteiger partial charge in [-0.3, -0.25) is 0 Å². The van der Waals surface area contributed by atoms with E-state index in [0.29, 0.717) is 0 Å². The van der Waals surface area contributed by atoms with Crippen molar-refractivity contribution in [2.24, 2.45) is 0 Å². The quantitative estimate of drug-likeness (QED) is 0.617. The molecule has 0 bridgehead atoms. The van der Waals surface area contributed by atoms with Gasteiger partial charge >= 0.3 is 0 Å². The summed E-state index contributed by atoms with van der Waals surface area (Å²) in [6.45, 7) is 4.34. The average molecular weight is 175 g/mol. The van der Waals surface area contributed by atoms with Crippen LogP contribution in [0.2, 0.25) is 0 Å². The van der Waals surface area contributed by atoms with Crippen molar-refractivity contribution in [2.75, 3.05) is 38.1 Å². The molecule has 2 rings (SSSR count). The fourth-order valence-corrected chi connectivity index (χ4v) is 1.49. The summed E-state index contributed by atoms with van der Waals surface area (Å²) in [6, 6.07) is 6.66. The van der Waals surface area contributed by atoms with Crippen LogP contribution in [-0.2, 0) is 0 Å². The maximum atomic E-state index is 4.15. The minimum absolute atomic E-state index is 1.02. The molecule has 0 aromatic carbocycles. The first-order chi connectivity index (χ1) is 6.36. The Bertz CT molecular complexity index is 252. The molecule has 0 atom stereocenters. The maximum absolute atomic E-state index is 4.15. The van der Waals surface area contributed by atoms with E-state index in [1.165, 1.54) is 0 Å². The molecule has 0 N–H and O–H groups in total. The molecule has 13 heavy (non-hydrogen) atoms. The Morgan fingerprint density at radius 3 is 2.69 bits per heavy atom. The van der Waals surface area contributed by atoms with Gasteiger partial charge in [-0.1, -0.05) is 0 Å². The molecule has 0 spiro atoms. The number of hydrogen-bond acceptors (Lipinski definition) is 3. The molecule has 68 valence electrons. The van der Waals surface area contributed by atoms with Crippen molar-refractivity contribution in [1.82, 2.24) is 9.88 Å². The van der Waals surface area contributed by atoms with E-state index in [1.54, 1.807) is 0 Å². The molecular weight excluding hydrogens is 162 g/mol. The Morgan fingerprint density at radius 1 is 1.31 bits per heavy atom. The molecule has 0 unspecified atom stereocenters. The van der Waals surface area contributed by atoms with Crippen molar-refractivity contribution in [2.45, 2.75) is 0 Å². The molecule has 3 nitrogen and oxygen atoms in total. The van der Waals surface area contributed by atoms with E-state index in [2.05, 4.69) is 34.1 Å². The first-order valence-electron chi connectivity index (χ1n) is 4.54. The molecule has 3 heteroatoms. The molecule has 0 aliphatic carbocycles. The van der Waals surface area contributed by atoms with Gasteiger partial charge in [-0.2, -0.15) is 4.98 Å². The number of piperazine rings is 1. The summed E-state index contributed by atoms with van der Waals surface area (Å²) in [5, 5.41) is 0. The van der Waals surface area contributed by atoms with Crippen LogP contribution in [0.5, 0.6) is 0 Å². The zero-order valence-corrected chi connectivity index (χ0v) is 7.82. The van der Waals surface area contributed by atoms with E-state index in [1.807, 2.05) is 12.1 Å². The molecule has 0 amide bonds. The smallest absolute Gasteiger partial charge is 0.139 e. The van der Waals surface area contributed by atoms with Crippen LogP contribution in [0.1, 0.15) is 0 Å². The number of rotatable bonds is 1. The Morgan fingerprint density at radius 2 is 2.08 bits per heavy atom. The lowest BCUT2D eigenvalue weighted by atomic mass is 10.3. The minimum Gasteiger partial charge on any atom is -0.353 e. The third kappa shape index (κ3) is 1.90. The zero-order valence-electron chi connectivity index (χ0n) is 7.82. The number of hydrogen-bond donors (Lipinski definition) is 0. The van der Waals surface area contributed by atoms with Crippen molar-refractivity contribution in [1.29, 1.82) is 0 Å². The van der Waals surface area contributed by atoms with Crippen LogP contribution in [0, 0.1) is 12.3 Å². The van der Waals surface area contributed by atoms with E-state index in [4.69, 9.17) is 0 Å². The van der Waals surface area contributed by atoms with E-state index >= 15 is 0 Å². The summed E-state index contributed by atoms with van der Waals surface area (Å²) >= 11 is 0. The third-order valence-corrected chi connectivity index (χ3v) is 2.38. The van der Waals surface area contributed by atoms with E-state index in [0.717, 1.165) is 32.0 Å². The molecule has 1 saturated heterocycles. The Labute approximate surface area is 79.0 Å². The fraction of sp³-hybridized carbons (Fsp3) is 0.500. The number of likely N-dealkylation sites (N-methyl/N-ethyl adjacent to an activating group) is 1. The molecule has 1 aromatic heterocycles. The molecule has 0 radical (unpaired) electrons. The Kier molecular flexibility index (Phi) is 2.33. The normalized spacial score (nSPS) is 18.4. The second-order valence-electron chi connectivity index (χ2n) is 3.35. The van der Waals surface area contributed by atoms with E-state index < -0.39 is 0 Å². The van der Waals surface area contributed by atoms with Crippen LogP contribution in [0.15, 0.2) is 12.1 Å². The molecule has 1 fully saturated rings. The molecular formula is C10H13N3. The third-order valence-electron chi connectivity index (χ3n) is 2.38. The van der Waals surface area contributed by atoms with Crippen LogP contribution in [-0.4, -0.2) is 43.1 Å². The van der Waals surface area contributed by atoms with Gasteiger partial charge in [-0.25, -0.2) is 0 Å². The topological polar surface area (TPSA) is 19.4 Å². The van der Waals surface area contributed by atoms with Crippen molar-refractivity contribution >= 4 is 5.82 Å². The summed E-state index contributed by atoms with van der Waals surface area (Å²) < 4.78 is 0. The lowest BCUT2D eigenvalue weighted by Gasteiger charge is -2.32. The number of nitrogens with zero attached hydrogens (tertiary/aromatic N) is 3. The lowest BCUT2D eigenvalue weighted by Crippen LogP contribution is -2.44. The highest BCUT2D eigenvalue weighted by Crippen LogP contribution is 2.09. The van der Waals surface area contributed by atoms with Gasteiger partial charge < -0.3 is 9.80 Å². The number of aromatic nitrogens is 1. The maximum Gasteiger partial charge on any atom is 0.139 e. The molecule has 1 aliphatic rings. The predicted molar refractivity (Wildman–Crippen MR) is 51.6 cm³/mol. The van der Waals surface area contributed by atoms with Crippen molar-refractivity contribution < 1.29 is 0 Å². The molecule has 1 aliphatic heterocycles. The van der Waals surface area contributed by atoms with Crippen LogP contribution < -0.4 is 4.90 Å². The second-order valence-corrected chi connectivity index (χ2v) is 3.35. The first kappa shape index (κ1) is 8.33. The summed E-state index contributed by atoms with van der Waals surface area (Å²) in [7, 11) is 2.15.